The molecule has 1 N–H and O–H groups in total. The second-order valence-electron chi connectivity index (χ2n) is 4.18. The van der Waals surface area contributed by atoms with Crippen LogP contribution in [0, 0.1) is 0 Å². The predicted octanol–water partition coefficient (Wildman–Crippen LogP) is 1.77. The molecule has 0 spiro atoms. The number of aliphatic hydroxyl groups excluding tert-OH is 1. The van der Waals surface area contributed by atoms with E-state index in [4.69, 9.17) is 9.84 Å². The van der Waals surface area contributed by atoms with Crippen molar-refractivity contribution in [3.63, 3.8) is 0 Å². The van der Waals surface area contributed by atoms with Crippen molar-refractivity contribution in [2.24, 2.45) is 4.99 Å². The zero-order chi connectivity index (χ0) is 12.1. The molecule has 0 amide bonds. The number of benzene rings is 1. The maximum atomic E-state index is 10.5. The van der Waals surface area contributed by atoms with Crippen LogP contribution in [0.5, 0.6) is 5.75 Å². The largest absolute Gasteiger partial charge is 0.491 e. The molecule has 1 aromatic rings. The van der Waals surface area contributed by atoms with E-state index in [-0.39, 0.29) is 18.8 Å². The third kappa shape index (κ3) is 2.38. The molecule has 0 aromatic heterocycles. The summed E-state index contributed by atoms with van der Waals surface area (Å²) in [4.78, 5) is 14.4. The summed E-state index contributed by atoms with van der Waals surface area (Å²) in [7, 11) is 0. The van der Waals surface area contributed by atoms with Crippen LogP contribution in [-0.2, 0) is 10.3 Å². The summed E-state index contributed by atoms with van der Waals surface area (Å²) in [6.45, 7) is 0.290. The van der Waals surface area contributed by atoms with E-state index in [0.717, 1.165) is 24.8 Å². The molecule has 0 bridgehead atoms. The standard InChI is InChI=1S/C13H15NO3/c15-8-9-17-12-4-2-11(3-5-12)13(14-10-16)6-1-7-13/h2-5,15H,1,6-9H2. The van der Waals surface area contributed by atoms with Crippen LogP contribution < -0.4 is 4.74 Å². The molecule has 1 aliphatic carbocycles. The minimum atomic E-state index is -0.350. The molecule has 1 saturated carbocycles. The van der Waals surface area contributed by atoms with E-state index in [1.54, 1.807) is 6.08 Å². The van der Waals surface area contributed by atoms with Gasteiger partial charge in [-0.2, -0.15) is 4.99 Å². The summed E-state index contributed by atoms with van der Waals surface area (Å²) < 4.78 is 5.28. The number of carbonyl (C=O) groups excluding carboxylic acids is 1. The Balaban J connectivity index is 2.14. The van der Waals surface area contributed by atoms with E-state index < -0.39 is 0 Å². The Morgan fingerprint density at radius 1 is 1.35 bits per heavy atom. The molecule has 90 valence electrons. The van der Waals surface area contributed by atoms with Crippen LogP contribution in [0.4, 0.5) is 0 Å². The van der Waals surface area contributed by atoms with Crippen molar-refractivity contribution in [2.75, 3.05) is 13.2 Å². The fourth-order valence-corrected chi connectivity index (χ4v) is 2.09. The summed E-state index contributed by atoms with van der Waals surface area (Å²) >= 11 is 0. The number of hydrogen-bond donors (Lipinski definition) is 1. The molecule has 1 aromatic carbocycles. The molecule has 17 heavy (non-hydrogen) atoms. The maximum absolute atomic E-state index is 10.5. The van der Waals surface area contributed by atoms with Crippen molar-refractivity contribution in [3.8, 4) is 5.75 Å². The van der Waals surface area contributed by atoms with Gasteiger partial charge in [0.2, 0.25) is 6.08 Å². The fraction of sp³-hybridized carbons (Fsp3) is 0.462. The number of aliphatic imine (C=N–C) groups is 1. The van der Waals surface area contributed by atoms with E-state index in [1.807, 2.05) is 24.3 Å². The highest BCUT2D eigenvalue weighted by Crippen LogP contribution is 2.44. The first kappa shape index (κ1) is 11.8. The third-order valence-corrected chi connectivity index (χ3v) is 3.19. The van der Waals surface area contributed by atoms with Gasteiger partial charge in [-0.3, -0.25) is 0 Å². The SMILES string of the molecule is O=C=NC1(c2ccc(OCCO)cc2)CCC1. The van der Waals surface area contributed by atoms with Crippen LogP contribution in [0.15, 0.2) is 29.3 Å². The lowest BCUT2D eigenvalue weighted by atomic mass is 9.72. The third-order valence-electron chi connectivity index (χ3n) is 3.19. The number of hydrogen-bond acceptors (Lipinski definition) is 4. The fourth-order valence-electron chi connectivity index (χ4n) is 2.09. The van der Waals surface area contributed by atoms with Crippen LogP contribution in [0.2, 0.25) is 0 Å². The van der Waals surface area contributed by atoms with Crippen LogP contribution >= 0.6 is 0 Å². The highest BCUT2D eigenvalue weighted by molar-refractivity contribution is 5.40. The topological polar surface area (TPSA) is 58.9 Å². The second-order valence-corrected chi connectivity index (χ2v) is 4.18. The Morgan fingerprint density at radius 2 is 2.06 bits per heavy atom. The van der Waals surface area contributed by atoms with E-state index in [9.17, 15) is 4.79 Å². The van der Waals surface area contributed by atoms with Gasteiger partial charge in [0, 0.05) is 0 Å². The van der Waals surface area contributed by atoms with Gasteiger partial charge in [0.25, 0.3) is 0 Å². The first-order valence-electron chi connectivity index (χ1n) is 5.74. The Hall–Kier alpha value is -1.64. The van der Waals surface area contributed by atoms with Gasteiger partial charge in [-0.15, -0.1) is 0 Å². The summed E-state index contributed by atoms with van der Waals surface area (Å²) in [5.41, 5.74) is 0.681. The smallest absolute Gasteiger partial charge is 0.235 e. The normalized spacial score (nSPS) is 16.8. The number of nitrogens with zero attached hydrogens (tertiary/aromatic N) is 1. The number of isocyanates is 1. The van der Waals surface area contributed by atoms with Crippen molar-refractivity contribution in [2.45, 2.75) is 24.8 Å². The summed E-state index contributed by atoms with van der Waals surface area (Å²) in [6, 6.07) is 7.52. The van der Waals surface area contributed by atoms with E-state index in [2.05, 4.69) is 4.99 Å². The number of aliphatic hydroxyl groups is 1. The van der Waals surface area contributed by atoms with Crippen molar-refractivity contribution < 1.29 is 14.6 Å². The van der Waals surface area contributed by atoms with Gasteiger partial charge in [-0.1, -0.05) is 12.1 Å². The quantitative estimate of drug-likeness (QED) is 0.623. The molecule has 4 nitrogen and oxygen atoms in total. The summed E-state index contributed by atoms with van der Waals surface area (Å²) in [5, 5.41) is 8.65. The average molecular weight is 233 g/mol. The monoisotopic (exact) mass is 233 g/mol. The van der Waals surface area contributed by atoms with Gasteiger partial charge in [0.1, 0.15) is 12.4 Å². The molecule has 0 atom stereocenters. The van der Waals surface area contributed by atoms with Crippen molar-refractivity contribution in [3.05, 3.63) is 29.8 Å². The molecule has 0 unspecified atom stereocenters. The van der Waals surface area contributed by atoms with Crippen LogP contribution in [-0.4, -0.2) is 24.4 Å². The van der Waals surface area contributed by atoms with Gasteiger partial charge in [0.05, 0.1) is 12.1 Å². The molecular weight excluding hydrogens is 218 g/mol. The Bertz CT molecular complexity index is 417. The summed E-state index contributed by atoms with van der Waals surface area (Å²) in [6.07, 6.45) is 4.56. The molecule has 2 rings (SSSR count). The molecule has 1 fully saturated rings. The summed E-state index contributed by atoms with van der Waals surface area (Å²) in [5.74, 6) is 0.715. The molecule has 4 heteroatoms. The van der Waals surface area contributed by atoms with Gasteiger partial charge in [-0.25, -0.2) is 4.79 Å². The lowest BCUT2D eigenvalue weighted by Crippen LogP contribution is -2.31. The first-order chi connectivity index (χ1) is 8.30. The molecule has 0 heterocycles. The zero-order valence-electron chi connectivity index (χ0n) is 9.56. The first-order valence-corrected chi connectivity index (χ1v) is 5.74. The Kier molecular flexibility index (Phi) is 3.57. The minimum Gasteiger partial charge on any atom is -0.491 e. The lowest BCUT2D eigenvalue weighted by Gasteiger charge is -2.37. The van der Waals surface area contributed by atoms with Crippen LogP contribution in [0.25, 0.3) is 0 Å². The maximum Gasteiger partial charge on any atom is 0.235 e. The molecule has 0 saturated heterocycles. The molecule has 1 aliphatic rings. The van der Waals surface area contributed by atoms with Crippen molar-refractivity contribution >= 4 is 6.08 Å². The Labute approximate surface area is 99.9 Å². The van der Waals surface area contributed by atoms with Gasteiger partial charge in [-0.05, 0) is 37.0 Å². The highest BCUT2D eigenvalue weighted by atomic mass is 16.5. The highest BCUT2D eigenvalue weighted by Gasteiger charge is 2.38. The van der Waals surface area contributed by atoms with E-state index >= 15 is 0 Å². The molecular formula is C13H15NO3. The minimum absolute atomic E-state index is 0.00112. The van der Waals surface area contributed by atoms with Gasteiger partial charge in [0.15, 0.2) is 0 Å². The predicted molar refractivity (Wildman–Crippen MR) is 62.7 cm³/mol. The number of rotatable bonds is 5. The van der Waals surface area contributed by atoms with Crippen LogP contribution in [0.3, 0.4) is 0 Å². The van der Waals surface area contributed by atoms with Crippen LogP contribution in [0.1, 0.15) is 24.8 Å². The van der Waals surface area contributed by atoms with Gasteiger partial charge < -0.3 is 9.84 Å². The van der Waals surface area contributed by atoms with Crippen molar-refractivity contribution in [1.29, 1.82) is 0 Å². The molecule has 0 radical (unpaired) electrons. The van der Waals surface area contributed by atoms with E-state index in [0.29, 0.717) is 5.75 Å². The Morgan fingerprint density at radius 3 is 2.53 bits per heavy atom. The lowest BCUT2D eigenvalue weighted by molar-refractivity contribution is 0.201. The average Bonchev–Trinajstić information content (AvgIpc) is 2.32. The second kappa shape index (κ2) is 5.13. The number of ether oxygens (including phenoxy) is 1. The van der Waals surface area contributed by atoms with Gasteiger partial charge >= 0.3 is 0 Å². The zero-order valence-corrected chi connectivity index (χ0v) is 9.56. The van der Waals surface area contributed by atoms with Crippen molar-refractivity contribution in [1.82, 2.24) is 0 Å². The molecule has 0 aliphatic heterocycles. The van der Waals surface area contributed by atoms with E-state index in [1.165, 1.54) is 0 Å².